The molecule has 1 aromatic carbocycles. The van der Waals surface area contributed by atoms with Gasteiger partial charge in [0.25, 0.3) is 0 Å². The third kappa shape index (κ3) is 3.39. The van der Waals surface area contributed by atoms with Gasteiger partial charge in [-0.15, -0.1) is 0 Å². The van der Waals surface area contributed by atoms with E-state index in [-0.39, 0.29) is 0 Å². The lowest BCUT2D eigenvalue weighted by atomic mass is 10.1. The molecule has 160 valence electrons. The maximum atomic E-state index is 4.92. The van der Waals surface area contributed by atoms with Crippen molar-refractivity contribution in [2.45, 2.75) is 32.6 Å². The monoisotopic (exact) mass is 423 g/mol. The molecule has 3 aromatic heterocycles. The maximum Gasteiger partial charge on any atom is 0.160 e. The zero-order valence-electron chi connectivity index (χ0n) is 18.1. The Kier molecular flexibility index (Phi) is 4.60. The predicted octanol–water partition coefficient (Wildman–Crippen LogP) is 4.59. The van der Waals surface area contributed by atoms with Gasteiger partial charge >= 0.3 is 0 Å². The molecule has 6 rings (SSSR count). The Balaban J connectivity index is 1.45. The van der Waals surface area contributed by atoms with Crippen molar-refractivity contribution >= 4 is 17.2 Å². The molecule has 0 radical (unpaired) electrons. The second-order valence-electron chi connectivity index (χ2n) is 8.50. The van der Waals surface area contributed by atoms with Crippen molar-refractivity contribution in [2.75, 3.05) is 18.0 Å². The summed E-state index contributed by atoms with van der Waals surface area (Å²) in [5.74, 6) is 1.87. The average molecular weight is 424 g/mol. The van der Waals surface area contributed by atoms with Crippen molar-refractivity contribution in [1.82, 2.24) is 24.4 Å². The van der Waals surface area contributed by atoms with Gasteiger partial charge in [0.15, 0.2) is 11.5 Å². The SMILES string of the molecule is Cc1cccc(-c2ccn(-c3cc(N4CCCCC4)n4nc(C5=NC=CC5)cc4n3)n2)c1. The molecule has 7 nitrogen and oxygen atoms in total. The Hall–Kier alpha value is -3.74. The van der Waals surface area contributed by atoms with E-state index in [4.69, 9.17) is 15.2 Å². The van der Waals surface area contributed by atoms with E-state index >= 15 is 0 Å². The molecule has 0 amide bonds. The van der Waals surface area contributed by atoms with Crippen LogP contribution >= 0.6 is 0 Å². The predicted molar refractivity (Wildman–Crippen MR) is 127 cm³/mol. The summed E-state index contributed by atoms with van der Waals surface area (Å²) in [6, 6.07) is 14.6. The van der Waals surface area contributed by atoms with Crippen molar-refractivity contribution in [3.8, 4) is 17.1 Å². The van der Waals surface area contributed by atoms with Gasteiger partial charge in [0, 0.05) is 49.6 Å². The van der Waals surface area contributed by atoms with Crippen LogP contribution in [0.15, 0.2) is 65.9 Å². The first-order chi connectivity index (χ1) is 15.7. The van der Waals surface area contributed by atoms with Crippen LogP contribution < -0.4 is 4.90 Å². The molecular formula is C25H25N7. The van der Waals surface area contributed by atoms with Gasteiger partial charge in [-0.25, -0.2) is 9.67 Å². The van der Waals surface area contributed by atoms with Crippen LogP contribution in [0.3, 0.4) is 0 Å². The highest BCUT2D eigenvalue weighted by Crippen LogP contribution is 2.26. The first kappa shape index (κ1) is 19.0. The molecule has 0 N–H and O–H groups in total. The summed E-state index contributed by atoms with van der Waals surface area (Å²) in [4.78, 5) is 11.8. The zero-order chi connectivity index (χ0) is 21.5. The van der Waals surface area contributed by atoms with Gasteiger partial charge in [-0.3, -0.25) is 4.99 Å². The van der Waals surface area contributed by atoms with Gasteiger partial charge in [-0.05, 0) is 38.3 Å². The van der Waals surface area contributed by atoms with E-state index in [1.54, 1.807) is 0 Å². The Morgan fingerprint density at radius 3 is 2.62 bits per heavy atom. The number of aliphatic imine (C=N–C) groups is 1. The quantitative estimate of drug-likeness (QED) is 0.482. The molecule has 0 saturated carbocycles. The lowest BCUT2D eigenvalue weighted by molar-refractivity contribution is 0.568. The van der Waals surface area contributed by atoms with Gasteiger partial charge in [-0.2, -0.15) is 14.7 Å². The summed E-state index contributed by atoms with van der Waals surface area (Å²) in [5.41, 5.74) is 5.97. The summed E-state index contributed by atoms with van der Waals surface area (Å²) < 4.78 is 3.84. The number of fused-ring (bicyclic) bond motifs is 1. The number of rotatable bonds is 4. The van der Waals surface area contributed by atoms with Crippen LogP contribution in [0.5, 0.6) is 0 Å². The Bertz CT molecular complexity index is 1350. The van der Waals surface area contributed by atoms with Gasteiger partial charge in [0.1, 0.15) is 11.5 Å². The molecule has 0 aliphatic carbocycles. The minimum absolute atomic E-state index is 0.801. The van der Waals surface area contributed by atoms with Crippen LogP contribution in [0.1, 0.15) is 36.9 Å². The average Bonchev–Trinajstić information content (AvgIpc) is 3.59. The zero-order valence-corrected chi connectivity index (χ0v) is 18.1. The van der Waals surface area contributed by atoms with Crippen molar-refractivity contribution in [2.24, 2.45) is 4.99 Å². The second-order valence-corrected chi connectivity index (χ2v) is 8.50. The molecule has 1 saturated heterocycles. The fourth-order valence-corrected chi connectivity index (χ4v) is 4.49. The third-order valence-corrected chi connectivity index (χ3v) is 6.16. The van der Waals surface area contributed by atoms with Crippen molar-refractivity contribution in [3.05, 3.63) is 72.2 Å². The molecule has 0 bridgehead atoms. The Labute approximate surface area is 186 Å². The molecule has 2 aliphatic heterocycles. The van der Waals surface area contributed by atoms with Gasteiger partial charge in [0.05, 0.1) is 11.4 Å². The number of allylic oxidation sites excluding steroid dienone is 1. The molecule has 2 aliphatic rings. The number of benzene rings is 1. The van der Waals surface area contributed by atoms with Crippen LogP contribution in [0.25, 0.3) is 22.7 Å². The first-order valence-electron chi connectivity index (χ1n) is 11.3. The molecule has 0 spiro atoms. The van der Waals surface area contributed by atoms with E-state index in [1.807, 2.05) is 33.7 Å². The summed E-state index contributed by atoms with van der Waals surface area (Å²) >= 11 is 0. The standard InChI is InChI=1S/C25H25N7/c1-18-7-5-8-19(15-18)20-10-14-31(28-20)23-17-25(30-12-3-2-4-13-30)32-24(27-23)16-22(29-32)21-9-6-11-26-21/h5-8,10-11,14-17H,2-4,9,12-13H2,1H3. The highest BCUT2D eigenvalue weighted by Gasteiger charge is 2.20. The lowest BCUT2D eigenvalue weighted by Gasteiger charge is -2.29. The number of nitrogens with zero attached hydrogens (tertiary/aromatic N) is 7. The van der Waals surface area contributed by atoms with E-state index in [9.17, 15) is 0 Å². The normalized spacial score (nSPS) is 16.2. The van der Waals surface area contributed by atoms with Crippen LogP contribution in [0, 0.1) is 6.92 Å². The molecular weight excluding hydrogens is 398 g/mol. The van der Waals surface area contributed by atoms with Crippen molar-refractivity contribution in [1.29, 1.82) is 0 Å². The smallest absolute Gasteiger partial charge is 0.160 e. The Morgan fingerprint density at radius 2 is 1.81 bits per heavy atom. The van der Waals surface area contributed by atoms with E-state index < -0.39 is 0 Å². The molecule has 0 unspecified atom stereocenters. The van der Waals surface area contributed by atoms with Crippen LogP contribution in [0.4, 0.5) is 5.82 Å². The van der Waals surface area contributed by atoms with Crippen molar-refractivity contribution in [3.63, 3.8) is 0 Å². The summed E-state index contributed by atoms with van der Waals surface area (Å²) in [6.07, 6.45) is 10.4. The van der Waals surface area contributed by atoms with Crippen LogP contribution in [-0.4, -0.2) is 43.2 Å². The number of hydrogen-bond acceptors (Lipinski definition) is 5. The summed E-state index contributed by atoms with van der Waals surface area (Å²) in [5, 5.41) is 9.72. The van der Waals surface area contributed by atoms with Gasteiger partial charge in [0.2, 0.25) is 0 Å². The third-order valence-electron chi connectivity index (χ3n) is 6.16. The molecule has 4 aromatic rings. The summed E-state index contributed by atoms with van der Waals surface area (Å²) in [7, 11) is 0. The minimum Gasteiger partial charge on any atom is -0.356 e. The highest BCUT2D eigenvalue weighted by atomic mass is 15.4. The highest BCUT2D eigenvalue weighted by molar-refractivity contribution is 6.02. The topological polar surface area (TPSA) is 63.6 Å². The van der Waals surface area contributed by atoms with E-state index in [0.717, 1.165) is 59.5 Å². The van der Waals surface area contributed by atoms with Crippen molar-refractivity contribution < 1.29 is 0 Å². The second kappa shape index (κ2) is 7.75. The molecule has 7 heteroatoms. The molecule has 5 heterocycles. The molecule has 32 heavy (non-hydrogen) atoms. The molecule has 0 atom stereocenters. The van der Waals surface area contributed by atoms with Crippen LogP contribution in [-0.2, 0) is 0 Å². The number of hydrogen-bond donors (Lipinski definition) is 0. The van der Waals surface area contributed by atoms with Gasteiger partial charge in [-0.1, -0.05) is 29.8 Å². The minimum atomic E-state index is 0.801. The fraction of sp³-hybridized carbons (Fsp3) is 0.280. The van der Waals surface area contributed by atoms with E-state index in [1.165, 1.54) is 24.8 Å². The molecule has 1 fully saturated rings. The Morgan fingerprint density at radius 1 is 0.906 bits per heavy atom. The number of piperidine rings is 1. The maximum absolute atomic E-state index is 4.92. The van der Waals surface area contributed by atoms with Gasteiger partial charge < -0.3 is 4.90 Å². The largest absolute Gasteiger partial charge is 0.356 e. The van der Waals surface area contributed by atoms with Crippen LogP contribution in [0.2, 0.25) is 0 Å². The fourth-order valence-electron chi connectivity index (χ4n) is 4.49. The number of aromatic nitrogens is 5. The first-order valence-corrected chi connectivity index (χ1v) is 11.3. The van der Waals surface area contributed by atoms with E-state index in [2.05, 4.69) is 53.2 Å². The van der Waals surface area contributed by atoms with E-state index in [0.29, 0.717) is 0 Å². The summed E-state index contributed by atoms with van der Waals surface area (Å²) in [6.45, 7) is 4.16. The lowest BCUT2D eigenvalue weighted by Crippen LogP contribution is -2.31. The number of aryl methyl sites for hydroxylation is 1. The number of anilines is 1.